The number of amides is 1. The SMILES string of the molecule is CC(C)(C)C1CN(c2cc(Br)cc(-c3ccc4cc[nH]c4c3)c2)CCN1C(=O)O. The molecule has 1 saturated heterocycles. The maximum Gasteiger partial charge on any atom is 0.407 e. The molecule has 2 N–H and O–H groups in total. The molecule has 1 atom stereocenters. The first-order valence-corrected chi connectivity index (χ1v) is 10.6. The molecular weight excluding hydrogens is 430 g/mol. The molecule has 29 heavy (non-hydrogen) atoms. The molecule has 1 aliphatic heterocycles. The fraction of sp³-hybridized carbons (Fsp3) is 0.348. The van der Waals surface area contributed by atoms with Crippen molar-refractivity contribution in [1.82, 2.24) is 9.88 Å². The number of H-pyrrole nitrogens is 1. The van der Waals surface area contributed by atoms with E-state index in [4.69, 9.17) is 0 Å². The number of aromatic nitrogens is 1. The zero-order valence-electron chi connectivity index (χ0n) is 16.9. The van der Waals surface area contributed by atoms with Gasteiger partial charge in [0.05, 0.1) is 6.04 Å². The third-order valence-electron chi connectivity index (χ3n) is 5.76. The van der Waals surface area contributed by atoms with Crippen LogP contribution in [-0.2, 0) is 0 Å². The van der Waals surface area contributed by atoms with Gasteiger partial charge in [0.2, 0.25) is 0 Å². The van der Waals surface area contributed by atoms with Crippen molar-refractivity contribution in [3.05, 3.63) is 53.1 Å². The topological polar surface area (TPSA) is 59.6 Å². The number of piperazine rings is 1. The number of fused-ring (bicyclic) bond motifs is 1. The molecule has 5 nitrogen and oxygen atoms in total. The first-order valence-electron chi connectivity index (χ1n) is 9.85. The third kappa shape index (κ3) is 3.99. The number of carboxylic acid groups (broad SMARTS) is 1. The van der Waals surface area contributed by atoms with Crippen molar-refractivity contribution in [2.45, 2.75) is 26.8 Å². The Morgan fingerprint density at radius 2 is 1.90 bits per heavy atom. The summed E-state index contributed by atoms with van der Waals surface area (Å²) in [6.07, 6.45) is 1.12. The molecule has 0 saturated carbocycles. The van der Waals surface area contributed by atoms with Crippen molar-refractivity contribution in [1.29, 1.82) is 0 Å². The van der Waals surface area contributed by atoms with Gasteiger partial charge in [-0.1, -0.05) is 48.8 Å². The number of halogens is 1. The number of carbonyl (C=O) groups is 1. The minimum Gasteiger partial charge on any atom is -0.465 e. The van der Waals surface area contributed by atoms with E-state index in [0.29, 0.717) is 19.6 Å². The molecule has 1 aliphatic rings. The highest BCUT2D eigenvalue weighted by Crippen LogP contribution is 2.34. The van der Waals surface area contributed by atoms with Crippen molar-refractivity contribution < 1.29 is 9.90 Å². The molecule has 2 heterocycles. The molecule has 6 heteroatoms. The molecule has 0 radical (unpaired) electrons. The van der Waals surface area contributed by atoms with Crippen molar-refractivity contribution in [3.63, 3.8) is 0 Å². The van der Waals surface area contributed by atoms with Crippen LogP contribution in [0, 0.1) is 5.41 Å². The van der Waals surface area contributed by atoms with E-state index in [2.05, 4.69) is 89.0 Å². The Morgan fingerprint density at radius 3 is 2.62 bits per heavy atom. The Kier molecular flexibility index (Phi) is 5.07. The minimum absolute atomic E-state index is 0.0635. The third-order valence-corrected chi connectivity index (χ3v) is 6.22. The van der Waals surface area contributed by atoms with Crippen LogP contribution in [-0.4, -0.2) is 46.8 Å². The Balaban J connectivity index is 1.67. The summed E-state index contributed by atoms with van der Waals surface area (Å²) in [5.41, 5.74) is 4.38. The standard InChI is InChI=1S/C23H26BrN3O2/c1-23(2,3)21-14-26(8-9-27(21)22(28)29)19-11-17(10-18(24)13-19)16-5-4-15-6-7-25-20(15)12-16/h4-7,10-13,21,25H,8-9,14H2,1-3H3,(H,28,29). The van der Waals surface area contributed by atoms with Gasteiger partial charge in [-0.05, 0) is 52.3 Å². The number of anilines is 1. The maximum absolute atomic E-state index is 11.7. The molecular formula is C23H26BrN3O2. The van der Waals surface area contributed by atoms with Gasteiger partial charge in [-0.2, -0.15) is 0 Å². The van der Waals surface area contributed by atoms with Crippen LogP contribution in [0.5, 0.6) is 0 Å². The second-order valence-electron chi connectivity index (χ2n) is 8.78. The van der Waals surface area contributed by atoms with E-state index in [1.165, 1.54) is 5.39 Å². The van der Waals surface area contributed by atoms with Crippen LogP contribution < -0.4 is 4.90 Å². The zero-order valence-corrected chi connectivity index (χ0v) is 18.5. The van der Waals surface area contributed by atoms with Gasteiger partial charge in [-0.15, -0.1) is 0 Å². The molecule has 152 valence electrons. The van der Waals surface area contributed by atoms with Gasteiger partial charge in [0, 0.05) is 41.5 Å². The van der Waals surface area contributed by atoms with Gasteiger partial charge in [-0.25, -0.2) is 4.79 Å². The summed E-state index contributed by atoms with van der Waals surface area (Å²) < 4.78 is 1.02. The summed E-state index contributed by atoms with van der Waals surface area (Å²) in [5, 5.41) is 10.8. The first kappa shape index (κ1) is 19.8. The van der Waals surface area contributed by atoms with Crippen LogP contribution >= 0.6 is 15.9 Å². The number of aromatic amines is 1. The number of nitrogens with one attached hydrogen (secondary N) is 1. The number of rotatable bonds is 2. The Labute approximate surface area is 179 Å². The second kappa shape index (κ2) is 7.41. The lowest BCUT2D eigenvalue weighted by atomic mass is 9.84. The van der Waals surface area contributed by atoms with Crippen molar-refractivity contribution >= 4 is 38.6 Å². The second-order valence-corrected chi connectivity index (χ2v) is 9.70. The van der Waals surface area contributed by atoms with Gasteiger partial charge in [0.15, 0.2) is 0 Å². The summed E-state index contributed by atoms with van der Waals surface area (Å²) in [6.45, 7) is 8.19. The largest absolute Gasteiger partial charge is 0.465 e. The highest BCUT2D eigenvalue weighted by Gasteiger charge is 2.38. The van der Waals surface area contributed by atoms with E-state index < -0.39 is 6.09 Å². The predicted molar refractivity (Wildman–Crippen MR) is 122 cm³/mol. The van der Waals surface area contributed by atoms with E-state index >= 15 is 0 Å². The highest BCUT2D eigenvalue weighted by atomic mass is 79.9. The summed E-state index contributed by atoms with van der Waals surface area (Å²) in [7, 11) is 0. The number of hydrogen-bond acceptors (Lipinski definition) is 2. The Hall–Kier alpha value is -2.47. The summed E-state index contributed by atoms with van der Waals surface area (Å²) in [6, 6.07) is 14.9. The lowest BCUT2D eigenvalue weighted by Crippen LogP contribution is -2.59. The Morgan fingerprint density at radius 1 is 1.10 bits per heavy atom. The quantitative estimate of drug-likeness (QED) is 0.512. The molecule has 1 unspecified atom stereocenters. The van der Waals surface area contributed by atoms with Gasteiger partial charge >= 0.3 is 6.09 Å². The van der Waals surface area contributed by atoms with E-state index in [1.54, 1.807) is 4.90 Å². The van der Waals surface area contributed by atoms with Gasteiger partial charge in [0.25, 0.3) is 0 Å². The molecule has 1 amide bonds. The lowest BCUT2D eigenvalue weighted by molar-refractivity contribution is 0.0748. The number of nitrogens with zero attached hydrogens (tertiary/aromatic N) is 2. The molecule has 4 rings (SSSR count). The van der Waals surface area contributed by atoms with Crippen LogP contribution in [0.3, 0.4) is 0 Å². The molecule has 0 spiro atoms. The minimum atomic E-state index is -0.834. The summed E-state index contributed by atoms with van der Waals surface area (Å²) in [4.78, 5) is 18.9. The van der Waals surface area contributed by atoms with E-state index in [9.17, 15) is 9.90 Å². The molecule has 0 bridgehead atoms. The van der Waals surface area contributed by atoms with Crippen LogP contribution in [0.1, 0.15) is 20.8 Å². The Bertz CT molecular complexity index is 1050. The van der Waals surface area contributed by atoms with Crippen LogP contribution in [0.2, 0.25) is 0 Å². The van der Waals surface area contributed by atoms with E-state index in [0.717, 1.165) is 26.8 Å². The highest BCUT2D eigenvalue weighted by molar-refractivity contribution is 9.10. The molecule has 0 aliphatic carbocycles. The molecule has 3 aromatic rings. The molecule has 1 fully saturated rings. The normalized spacial score (nSPS) is 17.7. The van der Waals surface area contributed by atoms with Crippen molar-refractivity contribution in [2.75, 3.05) is 24.5 Å². The summed E-state index contributed by atoms with van der Waals surface area (Å²) >= 11 is 3.67. The van der Waals surface area contributed by atoms with Gasteiger partial charge < -0.3 is 19.9 Å². The van der Waals surface area contributed by atoms with Crippen LogP contribution in [0.15, 0.2) is 53.1 Å². The number of benzene rings is 2. The average molecular weight is 456 g/mol. The molecule has 1 aromatic heterocycles. The average Bonchev–Trinajstić information content (AvgIpc) is 3.14. The fourth-order valence-electron chi connectivity index (χ4n) is 4.14. The maximum atomic E-state index is 11.7. The fourth-order valence-corrected chi connectivity index (χ4v) is 4.62. The zero-order chi connectivity index (χ0) is 20.8. The first-order chi connectivity index (χ1) is 13.7. The van der Waals surface area contributed by atoms with Crippen LogP contribution in [0.4, 0.5) is 10.5 Å². The predicted octanol–water partition coefficient (Wildman–Crippen LogP) is 5.81. The smallest absolute Gasteiger partial charge is 0.407 e. The molecule has 2 aromatic carbocycles. The van der Waals surface area contributed by atoms with Gasteiger partial charge in [0.1, 0.15) is 0 Å². The van der Waals surface area contributed by atoms with Crippen LogP contribution in [0.25, 0.3) is 22.0 Å². The van der Waals surface area contributed by atoms with E-state index in [1.807, 2.05) is 6.20 Å². The van der Waals surface area contributed by atoms with Crippen molar-refractivity contribution in [3.8, 4) is 11.1 Å². The monoisotopic (exact) mass is 455 g/mol. The lowest BCUT2D eigenvalue weighted by Gasteiger charge is -2.46. The van der Waals surface area contributed by atoms with Crippen molar-refractivity contribution in [2.24, 2.45) is 5.41 Å². The van der Waals surface area contributed by atoms with E-state index in [-0.39, 0.29) is 11.5 Å². The van der Waals surface area contributed by atoms with Gasteiger partial charge in [-0.3, -0.25) is 0 Å². The number of hydrogen-bond donors (Lipinski definition) is 2. The summed E-state index contributed by atoms with van der Waals surface area (Å²) in [5.74, 6) is 0.